The van der Waals surface area contributed by atoms with E-state index in [1.54, 1.807) is 0 Å². The maximum atomic E-state index is 6.69. The average molecular weight is 605 g/mol. The van der Waals surface area contributed by atoms with E-state index in [4.69, 9.17) is 4.42 Å². The molecule has 214 valence electrons. The Hall–Kier alpha value is -5.84. The zero-order chi connectivity index (χ0) is 29.9. The van der Waals surface area contributed by atoms with Crippen LogP contribution in [0.15, 0.2) is 150 Å². The first-order chi connectivity index (χ1) is 22.8. The number of para-hydroxylation sites is 5. The number of fused-ring (bicyclic) bond motifs is 13. The molecule has 0 amide bonds. The summed E-state index contributed by atoms with van der Waals surface area (Å²) in [5.41, 5.74) is 8.73. The quantitative estimate of drug-likeness (QED) is 0.192. The molecule has 0 aliphatic heterocycles. The average Bonchev–Trinajstić information content (AvgIpc) is 3.85. The number of rotatable bonds is 2. The maximum Gasteiger partial charge on any atom is 0.159 e. The second-order valence-electron chi connectivity index (χ2n) is 12.1. The van der Waals surface area contributed by atoms with Crippen molar-refractivity contribution >= 4 is 97.1 Å². The monoisotopic (exact) mass is 604 g/mol. The smallest absolute Gasteiger partial charge is 0.159 e. The molecule has 0 atom stereocenters. The van der Waals surface area contributed by atoms with Crippen LogP contribution in [0.1, 0.15) is 0 Å². The maximum absolute atomic E-state index is 6.69. The van der Waals surface area contributed by atoms with Crippen LogP contribution < -0.4 is 0 Å². The van der Waals surface area contributed by atoms with Crippen molar-refractivity contribution in [1.82, 2.24) is 9.13 Å². The minimum absolute atomic E-state index is 0.899. The Morgan fingerprint density at radius 1 is 0.413 bits per heavy atom. The number of thiophene rings is 1. The van der Waals surface area contributed by atoms with Crippen molar-refractivity contribution in [3.8, 4) is 11.4 Å². The van der Waals surface area contributed by atoms with E-state index in [0.29, 0.717) is 0 Å². The highest BCUT2D eigenvalue weighted by Crippen LogP contribution is 2.46. The topological polar surface area (TPSA) is 23.0 Å². The Morgan fingerprint density at radius 2 is 1.04 bits per heavy atom. The van der Waals surface area contributed by atoms with Crippen LogP contribution in [0.4, 0.5) is 0 Å². The van der Waals surface area contributed by atoms with Crippen molar-refractivity contribution in [2.45, 2.75) is 0 Å². The molecule has 46 heavy (non-hydrogen) atoms. The molecular formula is C42H24N2OS. The predicted molar refractivity (Wildman–Crippen MR) is 195 cm³/mol. The molecule has 0 spiro atoms. The third-order valence-corrected chi connectivity index (χ3v) is 10.9. The summed E-state index contributed by atoms with van der Waals surface area (Å²) in [6.45, 7) is 0. The van der Waals surface area contributed by atoms with E-state index >= 15 is 0 Å². The summed E-state index contributed by atoms with van der Waals surface area (Å²) in [5.74, 6) is 0. The fraction of sp³-hybridized carbons (Fsp3) is 0. The zero-order valence-electron chi connectivity index (χ0n) is 24.6. The number of benzene rings is 7. The van der Waals surface area contributed by atoms with Gasteiger partial charge in [-0.25, -0.2) is 0 Å². The highest BCUT2D eigenvalue weighted by atomic mass is 32.1. The van der Waals surface area contributed by atoms with Crippen LogP contribution in [0, 0.1) is 0 Å². The lowest BCUT2D eigenvalue weighted by Crippen LogP contribution is -2.00. The van der Waals surface area contributed by atoms with Gasteiger partial charge in [-0.3, -0.25) is 0 Å². The molecule has 4 heteroatoms. The van der Waals surface area contributed by atoms with Gasteiger partial charge in [-0.1, -0.05) is 103 Å². The normalized spacial score (nSPS) is 12.3. The molecular weight excluding hydrogens is 581 g/mol. The Bertz CT molecular complexity index is 2990. The predicted octanol–water partition coefficient (Wildman–Crippen LogP) is 12.1. The second kappa shape index (κ2) is 8.87. The molecule has 11 aromatic rings. The van der Waals surface area contributed by atoms with Gasteiger partial charge < -0.3 is 13.6 Å². The largest absolute Gasteiger partial charge is 0.454 e. The van der Waals surface area contributed by atoms with E-state index in [1.165, 1.54) is 63.8 Å². The molecule has 0 saturated heterocycles. The van der Waals surface area contributed by atoms with E-state index in [0.717, 1.165) is 33.3 Å². The highest BCUT2D eigenvalue weighted by molar-refractivity contribution is 7.26. The first kappa shape index (κ1) is 24.5. The molecule has 0 unspecified atom stereocenters. The Labute approximate surface area is 266 Å². The van der Waals surface area contributed by atoms with Gasteiger partial charge in [-0.2, -0.15) is 0 Å². The molecule has 0 bridgehead atoms. The number of nitrogens with zero attached hydrogens (tertiary/aromatic N) is 2. The van der Waals surface area contributed by atoms with Crippen molar-refractivity contribution in [2.24, 2.45) is 0 Å². The number of aromatic nitrogens is 2. The van der Waals surface area contributed by atoms with E-state index < -0.39 is 0 Å². The molecule has 4 aromatic heterocycles. The zero-order valence-corrected chi connectivity index (χ0v) is 25.4. The van der Waals surface area contributed by atoms with Crippen LogP contribution in [0.5, 0.6) is 0 Å². The molecule has 0 aliphatic rings. The van der Waals surface area contributed by atoms with Crippen LogP contribution in [0.2, 0.25) is 0 Å². The van der Waals surface area contributed by atoms with Crippen molar-refractivity contribution in [3.63, 3.8) is 0 Å². The van der Waals surface area contributed by atoms with Gasteiger partial charge >= 0.3 is 0 Å². The molecule has 3 nitrogen and oxygen atoms in total. The lowest BCUT2D eigenvalue weighted by Gasteiger charge is -2.14. The Morgan fingerprint density at radius 3 is 1.85 bits per heavy atom. The molecule has 11 rings (SSSR count). The van der Waals surface area contributed by atoms with Gasteiger partial charge in [-0.05, 0) is 42.5 Å². The van der Waals surface area contributed by atoms with Crippen LogP contribution in [-0.2, 0) is 0 Å². The summed E-state index contributed by atoms with van der Waals surface area (Å²) in [4.78, 5) is 0. The van der Waals surface area contributed by atoms with E-state index in [2.05, 4.69) is 149 Å². The standard InChI is InChI=1S/C42H24N2OS/c1-5-17-32-25(11-1)26-12-2-6-18-33(26)43(32)35-19-10-16-31-39-34(24-23-30-28-14-4-8-22-38(28)46-42(30)39)44(40(31)35)36-20-9-15-29-27-13-3-7-21-37(27)45-41(29)36/h1-24H. The SMILES string of the molecule is c1ccc2c(c1)oc1c(-n3c4ccc5c6ccccc6sc5c4c4cccc(-n5c6ccccc6c6ccccc65)c43)cccc12. The first-order valence-electron chi connectivity index (χ1n) is 15.6. The van der Waals surface area contributed by atoms with Crippen molar-refractivity contribution in [1.29, 1.82) is 0 Å². The van der Waals surface area contributed by atoms with Gasteiger partial charge in [-0.15, -0.1) is 11.3 Å². The third kappa shape index (κ3) is 3.06. The second-order valence-corrected chi connectivity index (χ2v) is 13.1. The molecule has 0 fully saturated rings. The number of hydrogen-bond donors (Lipinski definition) is 0. The number of furan rings is 1. The lowest BCUT2D eigenvalue weighted by molar-refractivity contribution is 0.666. The fourth-order valence-corrected chi connectivity index (χ4v) is 9.09. The Balaban J connectivity index is 1.39. The fourth-order valence-electron chi connectivity index (χ4n) is 7.83. The van der Waals surface area contributed by atoms with Crippen molar-refractivity contribution < 1.29 is 4.42 Å². The van der Waals surface area contributed by atoms with Crippen molar-refractivity contribution in [3.05, 3.63) is 146 Å². The van der Waals surface area contributed by atoms with E-state index in [1.807, 2.05) is 17.4 Å². The summed E-state index contributed by atoms with van der Waals surface area (Å²) in [7, 11) is 0. The summed E-state index contributed by atoms with van der Waals surface area (Å²) < 4.78 is 14.2. The first-order valence-corrected chi connectivity index (χ1v) is 16.4. The lowest BCUT2D eigenvalue weighted by atomic mass is 10.1. The minimum atomic E-state index is 0.899. The Kier molecular flexibility index (Phi) is 4.72. The van der Waals surface area contributed by atoms with Crippen LogP contribution >= 0.6 is 11.3 Å². The van der Waals surface area contributed by atoms with Gasteiger partial charge in [0.05, 0.1) is 33.4 Å². The van der Waals surface area contributed by atoms with E-state index in [9.17, 15) is 0 Å². The van der Waals surface area contributed by atoms with Gasteiger partial charge in [0.2, 0.25) is 0 Å². The molecule has 0 aliphatic carbocycles. The molecule has 4 heterocycles. The third-order valence-electron chi connectivity index (χ3n) is 9.72. The summed E-state index contributed by atoms with van der Waals surface area (Å²) in [5, 5.41) is 9.90. The van der Waals surface area contributed by atoms with E-state index in [-0.39, 0.29) is 0 Å². The van der Waals surface area contributed by atoms with Crippen LogP contribution in [-0.4, -0.2) is 9.13 Å². The van der Waals surface area contributed by atoms with Crippen LogP contribution in [0.25, 0.3) is 97.1 Å². The molecule has 0 radical (unpaired) electrons. The summed E-state index contributed by atoms with van der Waals surface area (Å²) in [6, 6.07) is 52.6. The van der Waals surface area contributed by atoms with Gasteiger partial charge in [0.1, 0.15) is 5.58 Å². The minimum Gasteiger partial charge on any atom is -0.454 e. The van der Waals surface area contributed by atoms with Gasteiger partial charge in [0.15, 0.2) is 5.58 Å². The van der Waals surface area contributed by atoms with Gasteiger partial charge in [0, 0.05) is 52.5 Å². The van der Waals surface area contributed by atoms with Gasteiger partial charge in [0.25, 0.3) is 0 Å². The van der Waals surface area contributed by atoms with Crippen molar-refractivity contribution in [2.75, 3.05) is 0 Å². The number of hydrogen-bond acceptors (Lipinski definition) is 2. The molecule has 0 N–H and O–H groups in total. The highest BCUT2D eigenvalue weighted by Gasteiger charge is 2.24. The molecule has 7 aromatic carbocycles. The summed E-state index contributed by atoms with van der Waals surface area (Å²) >= 11 is 1.89. The molecule has 0 saturated carbocycles. The summed E-state index contributed by atoms with van der Waals surface area (Å²) in [6.07, 6.45) is 0. The van der Waals surface area contributed by atoms with Crippen LogP contribution in [0.3, 0.4) is 0 Å².